The molecule has 0 unspecified atom stereocenters. The van der Waals surface area contributed by atoms with E-state index in [4.69, 9.17) is 5.11 Å². The Hall–Kier alpha value is -0.690. The third-order valence-corrected chi connectivity index (χ3v) is 3.98. The van der Waals surface area contributed by atoms with Gasteiger partial charge in [0, 0.05) is 44.6 Å². The van der Waals surface area contributed by atoms with Crippen molar-refractivity contribution in [3.05, 3.63) is 16.1 Å². The molecule has 0 atom stereocenters. The van der Waals surface area contributed by atoms with Crippen molar-refractivity contribution in [3.8, 4) is 0 Å². The van der Waals surface area contributed by atoms with Gasteiger partial charge in [0.1, 0.15) is 0 Å². The highest BCUT2D eigenvalue weighted by atomic mass is 35.5. The normalized spacial score (nSPS) is 17.1. The first kappa shape index (κ1) is 16.4. The number of thiazole rings is 1. The van der Waals surface area contributed by atoms with Gasteiger partial charge in [-0.05, 0) is 6.92 Å². The highest BCUT2D eigenvalue weighted by Gasteiger charge is 2.17. The van der Waals surface area contributed by atoms with Crippen LogP contribution < -0.4 is 0 Å². The van der Waals surface area contributed by atoms with Gasteiger partial charge in [-0.15, -0.1) is 23.7 Å². The van der Waals surface area contributed by atoms with Gasteiger partial charge in [0.25, 0.3) is 0 Å². The van der Waals surface area contributed by atoms with Crippen LogP contribution in [0.25, 0.3) is 0 Å². The zero-order valence-electron chi connectivity index (χ0n) is 11.0. The molecule has 108 valence electrons. The predicted octanol–water partition coefficient (Wildman–Crippen LogP) is 1.47. The molecule has 1 N–H and O–H groups in total. The molecule has 0 radical (unpaired) electrons. The average molecular weight is 306 g/mol. The predicted molar refractivity (Wildman–Crippen MR) is 78.1 cm³/mol. The van der Waals surface area contributed by atoms with E-state index < -0.39 is 5.97 Å². The number of piperazine rings is 1. The summed E-state index contributed by atoms with van der Waals surface area (Å²) in [5.41, 5.74) is 1.15. The Balaban J connectivity index is 0.00000180. The highest BCUT2D eigenvalue weighted by Crippen LogP contribution is 2.12. The van der Waals surface area contributed by atoms with E-state index in [0.717, 1.165) is 43.4 Å². The number of rotatable bonds is 5. The maximum atomic E-state index is 10.5. The summed E-state index contributed by atoms with van der Waals surface area (Å²) in [5, 5.41) is 11.9. The zero-order chi connectivity index (χ0) is 13.0. The van der Waals surface area contributed by atoms with Gasteiger partial charge in [0.15, 0.2) is 0 Å². The number of aromatic nitrogens is 1. The molecule has 1 aliphatic rings. The molecule has 0 spiro atoms. The molecule has 0 bridgehead atoms. The summed E-state index contributed by atoms with van der Waals surface area (Å²) in [7, 11) is 0. The van der Waals surface area contributed by atoms with E-state index in [0.29, 0.717) is 6.54 Å². The van der Waals surface area contributed by atoms with Crippen molar-refractivity contribution >= 4 is 29.7 Å². The smallest absolute Gasteiger partial charge is 0.304 e. The molecular formula is C12H20ClN3O2S. The van der Waals surface area contributed by atoms with Crippen molar-refractivity contribution in [3.63, 3.8) is 0 Å². The van der Waals surface area contributed by atoms with Gasteiger partial charge < -0.3 is 10.0 Å². The summed E-state index contributed by atoms with van der Waals surface area (Å²) < 4.78 is 0. The maximum Gasteiger partial charge on any atom is 0.304 e. The monoisotopic (exact) mass is 305 g/mol. The Morgan fingerprint density at radius 1 is 1.37 bits per heavy atom. The molecule has 2 rings (SSSR count). The fraction of sp³-hybridized carbons (Fsp3) is 0.667. The van der Waals surface area contributed by atoms with Crippen LogP contribution in [0.4, 0.5) is 0 Å². The fourth-order valence-electron chi connectivity index (χ4n) is 2.13. The van der Waals surface area contributed by atoms with E-state index in [1.54, 1.807) is 11.3 Å². The molecule has 0 amide bonds. The number of carboxylic acids is 1. The van der Waals surface area contributed by atoms with E-state index in [2.05, 4.69) is 20.2 Å². The summed E-state index contributed by atoms with van der Waals surface area (Å²) in [6, 6.07) is 0. The van der Waals surface area contributed by atoms with Crippen molar-refractivity contribution < 1.29 is 9.90 Å². The van der Waals surface area contributed by atoms with Gasteiger partial charge in [-0.2, -0.15) is 0 Å². The van der Waals surface area contributed by atoms with Crippen LogP contribution in [0.3, 0.4) is 0 Å². The minimum absolute atomic E-state index is 0. The number of nitrogens with zero attached hydrogens (tertiary/aromatic N) is 3. The van der Waals surface area contributed by atoms with E-state index in [-0.39, 0.29) is 18.8 Å². The Kier molecular flexibility index (Phi) is 6.71. The molecule has 0 saturated carbocycles. The van der Waals surface area contributed by atoms with Crippen LogP contribution >= 0.6 is 23.7 Å². The van der Waals surface area contributed by atoms with Crippen LogP contribution in [-0.4, -0.2) is 58.6 Å². The lowest BCUT2D eigenvalue weighted by atomic mass is 10.2. The van der Waals surface area contributed by atoms with Gasteiger partial charge in [-0.1, -0.05) is 0 Å². The van der Waals surface area contributed by atoms with Crippen molar-refractivity contribution in [2.24, 2.45) is 0 Å². The Morgan fingerprint density at radius 2 is 2.00 bits per heavy atom. The van der Waals surface area contributed by atoms with Crippen LogP contribution in [0.2, 0.25) is 0 Å². The number of carbonyl (C=O) groups is 1. The van der Waals surface area contributed by atoms with Crippen LogP contribution in [0.15, 0.2) is 5.38 Å². The van der Waals surface area contributed by atoms with Gasteiger partial charge in [0.05, 0.1) is 17.1 Å². The third-order valence-electron chi connectivity index (χ3n) is 3.16. The molecule has 2 heterocycles. The van der Waals surface area contributed by atoms with E-state index in [1.807, 2.05) is 6.92 Å². The minimum atomic E-state index is -0.713. The molecule has 1 fully saturated rings. The molecule has 1 saturated heterocycles. The van der Waals surface area contributed by atoms with Crippen molar-refractivity contribution in [2.45, 2.75) is 19.9 Å². The number of carboxylic acid groups (broad SMARTS) is 1. The molecular weight excluding hydrogens is 286 g/mol. The second-order valence-corrected chi connectivity index (χ2v) is 5.68. The van der Waals surface area contributed by atoms with E-state index >= 15 is 0 Å². The first-order valence-corrected chi connectivity index (χ1v) is 7.09. The molecule has 7 heteroatoms. The first-order chi connectivity index (χ1) is 8.63. The number of aryl methyl sites for hydroxylation is 1. The Morgan fingerprint density at radius 3 is 2.53 bits per heavy atom. The van der Waals surface area contributed by atoms with Crippen LogP contribution in [0, 0.1) is 6.92 Å². The van der Waals surface area contributed by atoms with Gasteiger partial charge >= 0.3 is 5.97 Å². The van der Waals surface area contributed by atoms with Crippen molar-refractivity contribution in [1.29, 1.82) is 0 Å². The average Bonchev–Trinajstić information content (AvgIpc) is 2.74. The van der Waals surface area contributed by atoms with Crippen LogP contribution in [-0.2, 0) is 11.3 Å². The standard InChI is InChI=1S/C12H19N3O2S.ClH/c1-10-13-11(9-18-10)8-15-6-4-14(5-7-15)3-2-12(16)17;/h9H,2-8H2,1H3,(H,16,17);1H. The molecule has 5 nitrogen and oxygen atoms in total. The Bertz CT molecular complexity index is 405. The summed E-state index contributed by atoms with van der Waals surface area (Å²) in [6.07, 6.45) is 0.241. The van der Waals surface area contributed by atoms with E-state index in [1.165, 1.54) is 0 Å². The SMILES string of the molecule is Cc1nc(CN2CCN(CCC(=O)O)CC2)cs1.Cl. The molecule has 0 aromatic carbocycles. The number of halogens is 1. The second kappa shape index (κ2) is 7.79. The number of hydrogen-bond acceptors (Lipinski definition) is 5. The lowest BCUT2D eigenvalue weighted by Crippen LogP contribution is -2.46. The molecule has 0 aliphatic carbocycles. The summed E-state index contributed by atoms with van der Waals surface area (Å²) in [5.74, 6) is -0.713. The second-order valence-electron chi connectivity index (χ2n) is 4.62. The Labute approximate surface area is 123 Å². The fourth-order valence-corrected chi connectivity index (χ4v) is 2.74. The van der Waals surface area contributed by atoms with Gasteiger partial charge in [-0.3, -0.25) is 9.69 Å². The molecule has 1 aromatic rings. The molecule has 1 aliphatic heterocycles. The lowest BCUT2D eigenvalue weighted by molar-refractivity contribution is -0.137. The van der Waals surface area contributed by atoms with Gasteiger partial charge in [0.2, 0.25) is 0 Å². The van der Waals surface area contributed by atoms with Crippen LogP contribution in [0.1, 0.15) is 17.1 Å². The zero-order valence-corrected chi connectivity index (χ0v) is 12.7. The van der Waals surface area contributed by atoms with Gasteiger partial charge in [-0.25, -0.2) is 4.98 Å². The summed E-state index contributed by atoms with van der Waals surface area (Å²) in [4.78, 5) is 19.6. The maximum absolute atomic E-state index is 10.5. The highest BCUT2D eigenvalue weighted by molar-refractivity contribution is 7.09. The largest absolute Gasteiger partial charge is 0.481 e. The summed E-state index contributed by atoms with van der Waals surface area (Å²) in [6.45, 7) is 7.51. The number of hydrogen-bond donors (Lipinski definition) is 1. The molecule has 1 aromatic heterocycles. The first-order valence-electron chi connectivity index (χ1n) is 6.21. The van der Waals surface area contributed by atoms with Crippen LogP contribution in [0.5, 0.6) is 0 Å². The van der Waals surface area contributed by atoms with Crippen molar-refractivity contribution in [2.75, 3.05) is 32.7 Å². The number of aliphatic carboxylic acids is 1. The van der Waals surface area contributed by atoms with E-state index in [9.17, 15) is 4.79 Å². The third kappa shape index (κ3) is 5.44. The topological polar surface area (TPSA) is 56.7 Å². The summed E-state index contributed by atoms with van der Waals surface area (Å²) >= 11 is 1.69. The minimum Gasteiger partial charge on any atom is -0.481 e. The lowest BCUT2D eigenvalue weighted by Gasteiger charge is -2.34. The molecule has 19 heavy (non-hydrogen) atoms. The quantitative estimate of drug-likeness (QED) is 0.892. The van der Waals surface area contributed by atoms with Crippen molar-refractivity contribution in [1.82, 2.24) is 14.8 Å².